The van der Waals surface area contributed by atoms with Gasteiger partial charge in [0.25, 0.3) is 0 Å². The van der Waals surface area contributed by atoms with Crippen LogP contribution in [-0.2, 0) is 11.3 Å². The van der Waals surface area contributed by atoms with Crippen LogP contribution in [0.15, 0.2) is 18.2 Å². The maximum absolute atomic E-state index is 5.73. The Morgan fingerprint density at radius 3 is 2.67 bits per heavy atom. The minimum Gasteiger partial charge on any atom is -0.497 e. The highest BCUT2D eigenvalue weighted by Crippen LogP contribution is 2.24. The molecule has 4 nitrogen and oxygen atoms in total. The summed E-state index contributed by atoms with van der Waals surface area (Å²) in [5.41, 5.74) is 1.12. The van der Waals surface area contributed by atoms with E-state index < -0.39 is 0 Å². The first-order valence-electron chi connectivity index (χ1n) is 6.33. The zero-order valence-corrected chi connectivity index (χ0v) is 11.5. The third kappa shape index (κ3) is 4.94. The van der Waals surface area contributed by atoms with Crippen LogP contribution in [0.2, 0.25) is 0 Å². The van der Waals surface area contributed by atoms with Crippen LogP contribution < -0.4 is 14.8 Å². The molecule has 0 unspecified atom stereocenters. The monoisotopic (exact) mass is 253 g/mol. The Balaban J connectivity index is 2.54. The second kappa shape index (κ2) is 8.78. The van der Waals surface area contributed by atoms with Crippen LogP contribution in [-0.4, -0.2) is 34.0 Å². The molecule has 102 valence electrons. The van der Waals surface area contributed by atoms with Crippen molar-refractivity contribution in [2.75, 3.05) is 34.0 Å². The topological polar surface area (TPSA) is 39.7 Å². The van der Waals surface area contributed by atoms with Crippen molar-refractivity contribution in [2.45, 2.75) is 19.9 Å². The second-order valence-corrected chi connectivity index (χ2v) is 3.96. The highest BCUT2D eigenvalue weighted by atomic mass is 16.5. The van der Waals surface area contributed by atoms with E-state index in [1.807, 2.05) is 25.2 Å². The van der Waals surface area contributed by atoms with Crippen molar-refractivity contribution >= 4 is 0 Å². The second-order valence-electron chi connectivity index (χ2n) is 3.96. The van der Waals surface area contributed by atoms with E-state index in [1.165, 1.54) is 0 Å². The van der Waals surface area contributed by atoms with Crippen molar-refractivity contribution in [3.63, 3.8) is 0 Å². The van der Waals surface area contributed by atoms with Crippen molar-refractivity contribution in [1.82, 2.24) is 5.32 Å². The standard InChI is InChI=1S/C14H23NO3/c1-4-7-17-8-9-18-14-10-13(16-3)6-5-12(14)11-15-2/h5-6,10,15H,4,7-9,11H2,1-3H3. The van der Waals surface area contributed by atoms with E-state index in [1.54, 1.807) is 7.11 Å². The fourth-order valence-electron chi connectivity index (χ4n) is 1.59. The van der Waals surface area contributed by atoms with Gasteiger partial charge in [-0.1, -0.05) is 13.0 Å². The lowest BCUT2D eigenvalue weighted by Gasteiger charge is -2.13. The Kier molecular flexibility index (Phi) is 7.22. The molecule has 0 saturated heterocycles. The van der Waals surface area contributed by atoms with Gasteiger partial charge in [-0.05, 0) is 19.5 Å². The molecule has 0 fully saturated rings. The number of hydrogen-bond donors (Lipinski definition) is 1. The molecule has 0 radical (unpaired) electrons. The number of hydrogen-bond acceptors (Lipinski definition) is 4. The van der Waals surface area contributed by atoms with Crippen LogP contribution in [0.25, 0.3) is 0 Å². The molecule has 18 heavy (non-hydrogen) atoms. The van der Waals surface area contributed by atoms with E-state index in [0.717, 1.165) is 36.6 Å². The highest BCUT2D eigenvalue weighted by Gasteiger charge is 2.05. The Morgan fingerprint density at radius 2 is 2.00 bits per heavy atom. The Morgan fingerprint density at radius 1 is 1.17 bits per heavy atom. The Hall–Kier alpha value is -1.26. The smallest absolute Gasteiger partial charge is 0.127 e. The molecule has 0 heterocycles. The summed E-state index contributed by atoms with van der Waals surface area (Å²) >= 11 is 0. The molecule has 1 aromatic rings. The summed E-state index contributed by atoms with van der Waals surface area (Å²) < 4.78 is 16.3. The summed E-state index contributed by atoms with van der Waals surface area (Å²) in [6.45, 7) is 4.82. The molecular formula is C14H23NO3. The van der Waals surface area contributed by atoms with E-state index in [2.05, 4.69) is 12.2 Å². The van der Waals surface area contributed by atoms with Crippen LogP contribution in [0.3, 0.4) is 0 Å². The van der Waals surface area contributed by atoms with E-state index in [-0.39, 0.29) is 0 Å². The van der Waals surface area contributed by atoms with Gasteiger partial charge in [0.1, 0.15) is 18.1 Å². The van der Waals surface area contributed by atoms with Crippen LogP contribution in [0.1, 0.15) is 18.9 Å². The lowest BCUT2D eigenvalue weighted by atomic mass is 10.2. The normalized spacial score (nSPS) is 10.4. The molecule has 0 saturated carbocycles. The zero-order chi connectivity index (χ0) is 13.2. The number of nitrogens with one attached hydrogen (secondary N) is 1. The molecular weight excluding hydrogens is 230 g/mol. The van der Waals surface area contributed by atoms with Gasteiger partial charge in [-0.25, -0.2) is 0 Å². The van der Waals surface area contributed by atoms with E-state index in [0.29, 0.717) is 13.2 Å². The average Bonchev–Trinajstić information content (AvgIpc) is 2.40. The predicted molar refractivity (Wildman–Crippen MR) is 72.4 cm³/mol. The van der Waals surface area contributed by atoms with Gasteiger partial charge in [0.05, 0.1) is 13.7 Å². The first-order chi connectivity index (χ1) is 8.81. The zero-order valence-electron chi connectivity index (χ0n) is 11.5. The summed E-state index contributed by atoms with van der Waals surface area (Å²) in [4.78, 5) is 0. The molecule has 0 aliphatic rings. The molecule has 0 bridgehead atoms. The van der Waals surface area contributed by atoms with E-state index >= 15 is 0 Å². The van der Waals surface area contributed by atoms with Crippen LogP contribution in [0.5, 0.6) is 11.5 Å². The quantitative estimate of drug-likeness (QED) is 0.685. The van der Waals surface area contributed by atoms with Gasteiger partial charge in [-0.3, -0.25) is 0 Å². The molecule has 1 N–H and O–H groups in total. The number of benzene rings is 1. The average molecular weight is 253 g/mol. The summed E-state index contributed by atoms with van der Waals surface area (Å²) in [6.07, 6.45) is 1.03. The molecule has 1 aromatic carbocycles. The number of ether oxygens (including phenoxy) is 3. The van der Waals surface area contributed by atoms with Gasteiger partial charge in [-0.2, -0.15) is 0 Å². The van der Waals surface area contributed by atoms with Crippen molar-refractivity contribution < 1.29 is 14.2 Å². The lowest BCUT2D eigenvalue weighted by molar-refractivity contribution is 0.100. The first-order valence-corrected chi connectivity index (χ1v) is 6.33. The maximum Gasteiger partial charge on any atom is 0.127 e. The van der Waals surface area contributed by atoms with Gasteiger partial charge in [-0.15, -0.1) is 0 Å². The fraction of sp³-hybridized carbons (Fsp3) is 0.571. The van der Waals surface area contributed by atoms with Crippen LogP contribution in [0, 0.1) is 0 Å². The molecule has 0 aliphatic carbocycles. The third-order valence-electron chi connectivity index (χ3n) is 2.48. The van der Waals surface area contributed by atoms with Crippen molar-refractivity contribution in [3.8, 4) is 11.5 Å². The molecule has 0 atom stereocenters. The predicted octanol–water partition coefficient (Wildman–Crippen LogP) is 2.22. The van der Waals surface area contributed by atoms with Crippen LogP contribution in [0.4, 0.5) is 0 Å². The van der Waals surface area contributed by atoms with Crippen molar-refractivity contribution in [1.29, 1.82) is 0 Å². The summed E-state index contributed by atoms with van der Waals surface area (Å²) in [5, 5.41) is 3.12. The molecule has 0 amide bonds. The van der Waals surface area contributed by atoms with E-state index in [9.17, 15) is 0 Å². The first kappa shape index (κ1) is 14.8. The summed E-state index contributed by atoms with van der Waals surface area (Å²) in [6, 6.07) is 5.86. The van der Waals surface area contributed by atoms with Gasteiger partial charge in [0, 0.05) is 24.8 Å². The minimum absolute atomic E-state index is 0.559. The largest absolute Gasteiger partial charge is 0.497 e. The van der Waals surface area contributed by atoms with Gasteiger partial charge in [0.2, 0.25) is 0 Å². The fourth-order valence-corrected chi connectivity index (χ4v) is 1.59. The number of rotatable bonds is 9. The Labute approximate surface area is 109 Å². The van der Waals surface area contributed by atoms with E-state index in [4.69, 9.17) is 14.2 Å². The molecule has 0 aliphatic heterocycles. The Bertz CT molecular complexity index is 342. The molecule has 0 aromatic heterocycles. The van der Waals surface area contributed by atoms with Gasteiger partial charge in [0.15, 0.2) is 0 Å². The molecule has 0 spiro atoms. The maximum atomic E-state index is 5.73. The van der Waals surface area contributed by atoms with Crippen molar-refractivity contribution in [2.24, 2.45) is 0 Å². The van der Waals surface area contributed by atoms with Crippen molar-refractivity contribution in [3.05, 3.63) is 23.8 Å². The molecule has 4 heteroatoms. The minimum atomic E-state index is 0.559. The number of methoxy groups -OCH3 is 1. The summed E-state index contributed by atoms with van der Waals surface area (Å²) in [5.74, 6) is 1.66. The van der Waals surface area contributed by atoms with Gasteiger partial charge < -0.3 is 19.5 Å². The molecule has 1 rings (SSSR count). The SMILES string of the molecule is CCCOCCOc1cc(OC)ccc1CNC. The highest BCUT2D eigenvalue weighted by molar-refractivity contribution is 5.40. The van der Waals surface area contributed by atoms with Gasteiger partial charge >= 0.3 is 0 Å². The summed E-state index contributed by atoms with van der Waals surface area (Å²) in [7, 11) is 3.57. The van der Waals surface area contributed by atoms with Crippen LogP contribution >= 0.6 is 0 Å². The third-order valence-corrected chi connectivity index (χ3v) is 2.48. The lowest BCUT2D eigenvalue weighted by Crippen LogP contribution is -2.11.